The maximum absolute atomic E-state index is 13.2. The van der Waals surface area contributed by atoms with Gasteiger partial charge < -0.3 is 10.1 Å². The Kier molecular flexibility index (Phi) is 5.61. The summed E-state index contributed by atoms with van der Waals surface area (Å²) in [5.41, 5.74) is 2.59. The Labute approximate surface area is 156 Å². The highest BCUT2D eigenvalue weighted by Gasteiger charge is 2.15. The largest absolute Gasteiger partial charge is 0.457 e. The first-order valence-corrected chi connectivity index (χ1v) is 8.41. The average Bonchev–Trinajstić information content (AvgIpc) is 2.66. The number of rotatable bonds is 5. The van der Waals surface area contributed by atoms with E-state index in [1.165, 1.54) is 12.1 Å². The third-order valence-corrected chi connectivity index (χ3v) is 3.93. The number of para-hydroxylation sites is 1. The molecule has 0 spiro atoms. The zero-order chi connectivity index (χ0) is 19.2. The van der Waals surface area contributed by atoms with Crippen molar-refractivity contribution in [2.24, 2.45) is 0 Å². The van der Waals surface area contributed by atoms with E-state index in [1.807, 2.05) is 13.0 Å². The Balaban J connectivity index is 1.73. The molecule has 0 radical (unpaired) electrons. The molecule has 0 aromatic heterocycles. The van der Waals surface area contributed by atoms with E-state index in [4.69, 9.17) is 4.74 Å². The summed E-state index contributed by atoms with van der Waals surface area (Å²) in [4.78, 5) is 24.9. The van der Waals surface area contributed by atoms with Gasteiger partial charge in [-0.25, -0.2) is 9.18 Å². The SMILES string of the molecule is Cc1cccc(C(=O)Nc2ccccc2C(=O)OCc2cccc(F)c2)c1. The number of anilines is 1. The fourth-order valence-corrected chi connectivity index (χ4v) is 2.60. The van der Waals surface area contributed by atoms with Gasteiger partial charge in [-0.1, -0.05) is 42.0 Å². The zero-order valence-electron chi connectivity index (χ0n) is 14.7. The zero-order valence-corrected chi connectivity index (χ0v) is 14.7. The lowest BCUT2D eigenvalue weighted by Gasteiger charge is -2.11. The maximum atomic E-state index is 13.2. The minimum absolute atomic E-state index is 0.0588. The van der Waals surface area contributed by atoms with Gasteiger partial charge in [0.15, 0.2) is 0 Å². The molecule has 4 nitrogen and oxygen atoms in total. The summed E-state index contributed by atoms with van der Waals surface area (Å²) >= 11 is 0. The van der Waals surface area contributed by atoms with Crippen LogP contribution < -0.4 is 5.32 Å². The standard InChI is InChI=1S/C22H18FNO3/c1-15-6-4-8-17(12-15)21(25)24-20-11-3-2-10-19(20)22(26)27-14-16-7-5-9-18(23)13-16/h2-13H,14H2,1H3,(H,24,25). The lowest BCUT2D eigenvalue weighted by Crippen LogP contribution is -2.16. The van der Waals surface area contributed by atoms with Gasteiger partial charge in [0.25, 0.3) is 5.91 Å². The first-order valence-electron chi connectivity index (χ1n) is 8.41. The molecule has 3 aromatic rings. The highest BCUT2D eigenvalue weighted by Crippen LogP contribution is 2.18. The van der Waals surface area contributed by atoms with E-state index < -0.39 is 11.8 Å². The monoisotopic (exact) mass is 363 g/mol. The second kappa shape index (κ2) is 8.27. The molecule has 0 aliphatic carbocycles. The third-order valence-electron chi connectivity index (χ3n) is 3.93. The Hall–Kier alpha value is -3.47. The van der Waals surface area contributed by atoms with Crippen molar-refractivity contribution in [3.8, 4) is 0 Å². The van der Waals surface area contributed by atoms with Crippen LogP contribution in [0.15, 0.2) is 72.8 Å². The van der Waals surface area contributed by atoms with E-state index in [2.05, 4.69) is 5.32 Å². The van der Waals surface area contributed by atoms with Crippen LogP contribution in [0.2, 0.25) is 0 Å². The van der Waals surface area contributed by atoms with Crippen LogP contribution >= 0.6 is 0 Å². The number of benzene rings is 3. The number of hydrogen-bond acceptors (Lipinski definition) is 3. The Morgan fingerprint density at radius 2 is 1.74 bits per heavy atom. The van der Waals surface area contributed by atoms with Gasteiger partial charge in [0.2, 0.25) is 0 Å². The lowest BCUT2D eigenvalue weighted by atomic mass is 10.1. The molecule has 0 fully saturated rings. The fourth-order valence-electron chi connectivity index (χ4n) is 2.60. The number of hydrogen-bond donors (Lipinski definition) is 1. The summed E-state index contributed by atoms with van der Waals surface area (Å²) in [6, 6.07) is 19.6. The second-order valence-corrected chi connectivity index (χ2v) is 6.08. The van der Waals surface area contributed by atoms with E-state index in [9.17, 15) is 14.0 Å². The van der Waals surface area contributed by atoms with E-state index >= 15 is 0 Å². The van der Waals surface area contributed by atoms with Crippen molar-refractivity contribution in [1.82, 2.24) is 0 Å². The molecule has 0 saturated heterocycles. The predicted octanol–water partition coefficient (Wildman–Crippen LogP) is 4.74. The third kappa shape index (κ3) is 4.79. The van der Waals surface area contributed by atoms with E-state index in [-0.39, 0.29) is 18.1 Å². The van der Waals surface area contributed by atoms with Crippen molar-refractivity contribution in [2.75, 3.05) is 5.32 Å². The lowest BCUT2D eigenvalue weighted by molar-refractivity contribution is 0.0473. The highest BCUT2D eigenvalue weighted by molar-refractivity contribution is 6.08. The average molecular weight is 363 g/mol. The van der Waals surface area contributed by atoms with Crippen LogP contribution in [0.1, 0.15) is 31.8 Å². The molecular weight excluding hydrogens is 345 g/mol. The smallest absolute Gasteiger partial charge is 0.340 e. The molecule has 1 amide bonds. The van der Waals surface area contributed by atoms with Crippen LogP contribution in [0, 0.1) is 12.7 Å². The number of nitrogens with one attached hydrogen (secondary N) is 1. The molecule has 0 heterocycles. The summed E-state index contributed by atoms with van der Waals surface area (Å²) in [5.74, 6) is -1.31. The molecule has 0 aliphatic rings. The number of carbonyl (C=O) groups excluding carboxylic acids is 2. The molecule has 1 N–H and O–H groups in total. The number of ether oxygens (including phenoxy) is 1. The molecule has 3 aromatic carbocycles. The molecule has 0 atom stereocenters. The van der Waals surface area contributed by atoms with Crippen molar-refractivity contribution < 1.29 is 18.7 Å². The van der Waals surface area contributed by atoms with Gasteiger partial charge >= 0.3 is 5.97 Å². The second-order valence-electron chi connectivity index (χ2n) is 6.08. The van der Waals surface area contributed by atoms with Crippen molar-refractivity contribution in [3.05, 3.63) is 101 Å². The van der Waals surface area contributed by atoms with Crippen LogP contribution in [0.5, 0.6) is 0 Å². The van der Waals surface area contributed by atoms with Crippen molar-refractivity contribution in [3.63, 3.8) is 0 Å². The molecule has 0 bridgehead atoms. The van der Waals surface area contributed by atoms with E-state index in [0.29, 0.717) is 16.8 Å². The van der Waals surface area contributed by atoms with Crippen LogP contribution in [-0.4, -0.2) is 11.9 Å². The first kappa shape index (κ1) is 18.3. The van der Waals surface area contributed by atoms with E-state index in [1.54, 1.807) is 54.6 Å². The number of amides is 1. The van der Waals surface area contributed by atoms with Gasteiger partial charge in [-0.15, -0.1) is 0 Å². The Morgan fingerprint density at radius 3 is 2.52 bits per heavy atom. The summed E-state index contributed by atoms with van der Waals surface area (Å²) in [7, 11) is 0. The summed E-state index contributed by atoms with van der Waals surface area (Å²) in [5, 5.41) is 2.74. The number of esters is 1. The molecule has 136 valence electrons. The van der Waals surface area contributed by atoms with E-state index in [0.717, 1.165) is 5.56 Å². The molecule has 5 heteroatoms. The van der Waals surface area contributed by atoms with Crippen molar-refractivity contribution in [1.29, 1.82) is 0 Å². The van der Waals surface area contributed by atoms with Gasteiger partial charge in [0, 0.05) is 5.56 Å². The first-order chi connectivity index (χ1) is 13.0. The highest BCUT2D eigenvalue weighted by atomic mass is 19.1. The minimum atomic E-state index is -0.598. The maximum Gasteiger partial charge on any atom is 0.340 e. The number of carbonyl (C=O) groups is 2. The molecular formula is C22H18FNO3. The van der Waals surface area contributed by atoms with Gasteiger partial charge in [-0.05, 0) is 48.9 Å². The Bertz CT molecular complexity index is 985. The van der Waals surface area contributed by atoms with Crippen LogP contribution in [0.3, 0.4) is 0 Å². The summed E-state index contributed by atoms with van der Waals surface area (Å²) in [6.45, 7) is 1.84. The fraction of sp³-hybridized carbons (Fsp3) is 0.0909. The van der Waals surface area contributed by atoms with Gasteiger partial charge in [-0.3, -0.25) is 4.79 Å². The molecule has 0 unspecified atom stereocenters. The Morgan fingerprint density at radius 1 is 0.963 bits per heavy atom. The molecule has 0 aliphatic heterocycles. The number of halogens is 1. The van der Waals surface area contributed by atoms with Crippen molar-refractivity contribution in [2.45, 2.75) is 13.5 Å². The van der Waals surface area contributed by atoms with Gasteiger partial charge in [0.1, 0.15) is 12.4 Å². The van der Waals surface area contributed by atoms with Gasteiger partial charge in [-0.2, -0.15) is 0 Å². The summed E-state index contributed by atoms with van der Waals surface area (Å²) in [6.07, 6.45) is 0. The topological polar surface area (TPSA) is 55.4 Å². The minimum Gasteiger partial charge on any atom is -0.457 e. The normalized spacial score (nSPS) is 10.3. The molecule has 0 saturated carbocycles. The van der Waals surface area contributed by atoms with Crippen LogP contribution in [-0.2, 0) is 11.3 Å². The number of aryl methyl sites for hydroxylation is 1. The van der Waals surface area contributed by atoms with Crippen LogP contribution in [0.4, 0.5) is 10.1 Å². The summed E-state index contributed by atoms with van der Waals surface area (Å²) < 4.78 is 18.5. The van der Waals surface area contributed by atoms with Crippen LogP contribution in [0.25, 0.3) is 0 Å². The predicted molar refractivity (Wildman–Crippen MR) is 101 cm³/mol. The molecule has 3 rings (SSSR count). The van der Waals surface area contributed by atoms with Gasteiger partial charge in [0.05, 0.1) is 11.3 Å². The van der Waals surface area contributed by atoms with Crippen molar-refractivity contribution >= 4 is 17.6 Å². The molecule has 27 heavy (non-hydrogen) atoms. The quantitative estimate of drug-likeness (QED) is 0.666.